The maximum Gasteiger partial charge on any atom is 0.245 e. The molecule has 0 N–H and O–H groups in total. The van der Waals surface area contributed by atoms with Crippen LogP contribution in [0.5, 0.6) is 5.75 Å². The van der Waals surface area contributed by atoms with Crippen LogP contribution in [0.1, 0.15) is 30.9 Å². The Labute approximate surface area is 129 Å². The van der Waals surface area contributed by atoms with Gasteiger partial charge in [0.25, 0.3) is 0 Å². The van der Waals surface area contributed by atoms with Gasteiger partial charge < -0.3 is 4.43 Å². The molecule has 0 spiro atoms. The molecule has 21 heavy (non-hydrogen) atoms. The topological polar surface area (TPSA) is 9.23 Å². The molecular formula is C19H24OSi. The average Bonchev–Trinajstić information content (AvgIpc) is 2.85. The van der Waals surface area contributed by atoms with Crippen molar-refractivity contribution in [2.24, 2.45) is 0 Å². The molecule has 0 saturated heterocycles. The summed E-state index contributed by atoms with van der Waals surface area (Å²) in [5.41, 5.74) is 5.56. The number of rotatable bonds is 5. The summed E-state index contributed by atoms with van der Waals surface area (Å²) in [5.74, 6) is 1.12. The Morgan fingerprint density at radius 3 is 2.57 bits per heavy atom. The van der Waals surface area contributed by atoms with E-state index in [1.807, 2.05) is 0 Å². The Morgan fingerprint density at radius 2 is 1.76 bits per heavy atom. The van der Waals surface area contributed by atoms with Crippen LogP contribution in [0.4, 0.5) is 0 Å². The predicted octanol–water partition coefficient (Wildman–Crippen LogP) is 5.64. The van der Waals surface area contributed by atoms with Crippen molar-refractivity contribution in [2.45, 2.75) is 45.3 Å². The molecule has 0 heterocycles. The molecule has 1 aliphatic rings. The minimum Gasteiger partial charge on any atom is -0.544 e. The largest absolute Gasteiger partial charge is 0.544 e. The highest BCUT2D eigenvalue weighted by Crippen LogP contribution is 2.41. The van der Waals surface area contributed by atoms with Crippen LogP contribution in [0.25, 0.3) is 11.1 Å². The van der Waals surface area contributed by atoms with Crippen molar-refractivity contribution in [3.05, 3.63) is 53.6 Å². The van der Waals surface area contributed by atoms with E-state index in [0.29, 0.717) is 0 Å². The van der Waals surface area contributed by atoms with Gasteiger partial charge in [-0.1, -0.05) is 56.2 Å². The van der Waals surface area contributed by atoms with E-state index in [1.165, 1.54) is 41.1 Å². The van der Waals surface area contributed by atoms with Gasteiger partial charge in [-0.25, -0.2) is 0 Å². The van der Waals surface area contributed by atoms with Gasteiger partial charge in [0.2, 0.25) is 8.32 Å². The smallest absolute Gasteiger partial charge is 0.245 e. The van der Waals surface area contributed by atoms with Gasteiger partial charge in [-0.2, -0.15) is 0 Å². The van der Waals surface area contributed by atoms with Crippen LogP contribution in [0.3, 0.4) is 0 Å². The molecule has 2 aromatic rings. The molecule has 0 bridgehead atoms. The zero-order valence-corrected chi connectivity index (χ0v) is 14.3. The highest BCUT2D eigenvalue weighted by atomic mass is 28.4. The number of hydrogen-bond donors (Lipinski definition) is 0. The highest BCUT2D eigenvalue weighted by Gasteiger charge is 2.27. The normalized spacial score (nSPS) is 12.9. The highest BCUT2D eigenvalue weighted by molar-refractivity contribution is 6.71. The molecule has 0 aromatic heterocycles. The molecule has 0 unspecified atom stereocenters. The summed E-state index contributed by atoms with van der Waals surface area (Å²) < 4.78 is 6.52. The second-order valence-corrected chi connectivity index (χ2v) is 10.8. The van der Waals surface area contributed by atoms with Crippen molar-refractivity contribution >= 4 is 8.32 Å². The molecule has 3 rings (SSSR count). The molecule has 0 amide bonds. The molecule has 0 atom stereocenters. The number of unbranched alkanes of at least 4 members (excludes halogenated alkanes) is 1. The summed E-state index contributed by atoms with van der Waals surface area (Å²) in [6.07, 6.45) is 3.53. The van der Waals surface area contributed by atoms with Crippen LogP contribution in [-0.4, -0.2) is 8.32 Å². The fourth-order valence-electron chi connectivity index (χ4n) is 3.17. The first-order valence-corrected chi connectivity index (χ1v) is 11.1. The zero-order chi connectivity index (χ0) is 14.9. The van der Waals surface area contributed by atoms with Gasteiger partial charge in [0.05, 0.1) is 0 Å². The molecule has 0 aliphatic heterocycles. The van der Waals surface area contributed by atoms with Gasteiger partial charge in [0, 0.05) is 12.0 Å². The standard InChI is InChI=1S/C19H24OSi/c1-4-5-13-21(2,3)20-19-12-8-11-17-16-10-7-6-9-15(16)14-18(17)19/h6-12H,4-5,13-14H2,1-3H3. The SMILES string of the molecule is CCCC[Si](C)(C)Oc1cccc2c1Cc1ccccc1-2. The molecule has 1 nitrogen and oxygen atoms in total. The summed E-state index contributed by atoms with van der Waals surface area (Å²) in [6, 6.07) is 16.5. The van der Waals surface area contributed by atoms with Crippen LogP contribution in [0.15, 0.2) is 42.5 Å². The van der Waals surface area contributed by atoms with Crippen molar-refractivity contribution < 1.29 is 4.43 Å². The molecule has 0 radical (unpaired) electrons. The lowest BCUT2D eigenvalue weighted by atomic mass is 10.1. The van der Waals surface area contributed by atoms with Crippen molar-refractivity contribution in [3.8, 4) is 16.9 Å². The second-order valence-electron chi connectivity index (χ2n) is 6.58. The van der Waals surface area contributed by atoms with Crippen molar-refractivity contribution in [1.29, 1.82) is 0 Å². The summed E-state index contributed by atoms with van der Waals surface area (Å²) >= 11 is 0. The summed E-state index contributed by atoms with van der Waals surface area (Å²) in [7, 11) is -1.61. The van der Waals surface area contributed by atoms with Gasteiger partial charge in [0.15, 0.2) is 0 Å². The Bertz CT molecular complexity index is 646. The quantitative estimate of drug-likeness (QED) is 0.553. The van der Waals surface area contributed by atoms with E-state index >= 15 is 0 Å². The minimum atomic E-state index is -1.61. The lowest BCUT2D eigenvalue weighted by Crippen LogP contribution is -2.34. The fraction of sp³-hybridized carbons (Fsp3) is 0.368. The average molecular weight is 296 g/mol. The summed E-state index contributed by atoms with van der Waals surface area (Å²) in [6.45, 7) is 6.93. The third-order valence-corrected chi connectivity index (χ3v) is 6.66. The lowest BCUT2D eigenvalue weighted by molar-refractivity contribution is 0.537. The first-order chi connectivity index (χ1) is 10.1. The second kappa shape index (κ2) is 5.68. The maximum atomic E-state index is 6.52. The predicted molar refractivity (Wildman–Crippen MR) is 92.5 cm³/mol. The maximum absolute atomic E-state index is 6.52. The number of benzene rings is 2. The van der Waals surface area contributed by atoms with E-state index in [1.54, 1.807) is 0 Å². The number of fused-ring (bicyclic) bond motifs is 3. The molecule has 110 valence electrons. The first-order valence-electron chi connectivity index (χ1n) is 8.00. The van der Waals surface area contributed by atoms with Crippen molar-refractivity contribution in [2.75, 3.05) is 0 Å². The minimum absolute atomic E-state index is 1.01. The molecule has 2 aromatic carbocycles. The van der Waals surface area contributed by atoms with Gasteiger partial charge in [-0.3, -0.25) is 0 Å². The Hall–Kier alpha value is -1.54. The zero-order valence-electron chi connectivity index (χ0n) is 13.3. The van der Waals surface area contributed by atoms with E-state index < -0.39 is 8.32 Å². The van der Waals surface area contributed by atoms with E-state index in [0.717, 1.165) is 12.2 Å². The van der Waals surface area contributed by atoms with E-state index in [-0.39, 0.29) is 0 Å². The van der Waals surface area contributed by atoms with Gasteiger partial charge in [0.1, 0.15) is 5.75 Å². The van der Waals surface area contributed by atoms with Crippen LogP contribution >= 0.6 is 0 Å². The van der Waals surface area contributed by atoms with E-state index in [2.05, 4.69) is 62.5 Å². The Morgan fingerprint density at radius 1 is 1.00 bits per heavy atom. The Kier molecular flexibility index (Phi) is 3.90. The third-order valence-electron chi connectivity index (χ3n) is 4.33. The number of hydrogen-bond acceptors (Lipinski definition) is 1. The first kappa shape index (κ1) is 14.4. The van der Waals surface area contributed by atoms with Crippen LogP contribution in [0.2, 0.25) is 19.1 Å². The third kappa shape index (κ3) is 2.91. The van der Waals surface area contributed by atoms with Crippen molar-refractivity contribution in [1.82, 2.24) is 0 Å². The van der Waals surface area contributed by atoms with Crippen molar-refractivity contribution in [3.63, 3.8) is 0 Å². The van der Waals surface area contributed by atoms with E-state index in [9.17, 15) is 0 Å². The van der Waals surface area contributed by atoms with Gasteiger partial charge >= 0.3 is 0 Å². The van der Waals surface area contributed by atoms with Crippen LogP contribution < -0.4 is 4.43 Å². The van der Waals surface area contributed by atoms with Crippen LogP contribution in [-0.2, 0) is 6.42 Å². The Balaban J connectivity index is 1.90. The molecule has 1 aliphatic carbocycles. The molecular weight excluding hydrogens is 272 g/mol. The monoisotopic (exact) mass is 296 g/mol. The van der Waals surface area contributed by atoms with Crippen LogP contribution in [0, 0.1) is 0 Å². The summed E-state index contributed by atoms with van der Waals surface area (Å²) in [4.78, 5) is 0. The fourth-order valence-corrected chi connectivity index (χ4v) is 5.27. The van der Waals surface area contributed by atoms with E-state index in [4.69, 9.17) is 4.43 Å². The summed E-state index contributed by atoms with van der Waals surface area (Å²) in [5, 5.41) is 0. The molecule has 2 heteroatoms. The van der Waals surface area contributed by atoms with Gasteiger partial charge in [-0.05, 0) is 41.9 Å². The molecule has 0 saturated carbocycles. The van der Waals surface area contributed by atoms with Gasteiger partial charge in [-0.15, -0.1) is 0 Å². The molecule has 0 fully saturated rings. The lowest BCUT2D eigenvalue weighted by Gasteiger charge is -2.25.